The summed E-state index contributed by atoms with van der Waals surface area (Å²) in [6.07, 6.45) is 0. The van der Waals surface area contributed by atoms with Crippen LogP contribution in [0.15, 0.2) is 84.6 Å². The van der Waals surface area contributed by atoms with E-state index in [-0.39, 0.29) is 11.6 Å². The molecule has 0 bridgehead atoms. The molecule has 1 aliphatic rings. The molecule has 3 aromatic rings. The molecule has 140 valence electrons. The van der Waals surface area contributed by atoms with Gasteiger partial charge in [0.15, 0.2) is 5.76 Å². The van der Waals surface area contributed by atoms with E-state index in [2.05, 4.69) is 0 Å². The second-order valence-electron chi connectivity index (χ2n) is 7.00. The summed E-state index contributed by atoms with van der Waals surface area (Å²) >= 11 is 0. The van der Waals surface area contributed by atoms with Gasteiger partial charge in [0.05, 0.1) is 6.04 Å². The average Bonchev–Trinajstić information content (AvgIpc) is 2.95. The zero-order valence-electron chi connectivity index (χ0n) is 15.5. The van der Waals surface area contributed by atoms with Crippen molar-refractivity contribution in [2.45, 2.75) is 19.5 Å². The molecule has 4 rings (SSSR count). The summed E-state index contributed by atoms with van der Waals surface area (Å²) in [5.41, 5.74) is 4.13. The number of aryl methyl sites for hydroxylation is 1. The van der Waals surface area contributed by atoms with E-state index in [0.29, 0.717) is 12.1 Å². The Kier molecular flexibility index (Phi) is 4.70. The Balaban J connectivity index is 1.81. The molecular weight excluding hydrogens is 353 g/mol. The standard InChI is InChI=1S/C24H20FNO2/c1-16-7-9-18(10-8-16)21-22(19-11-13-20(25)14-12-19)26(24(28)23(21)27)15-17-5-3-2-4-6-17/h2-14,22,27H,15H2,1H3. The first-order valence-corrected chi connectivity index (χ1v) is 9.15. The molecule has 28 heavy (non-hydrogen) atoms. The fraction of sp³-hybridized carbons (Fsp3) is 0.125. The Morgan fingerprint density at radius 2 is 1.57 bits per heavy atom. The largest absolute Gasteiger partial charge is 0.503 e. The van der Waals surface area contributed by atoms with Crippen LogP contribution in [0.4, 0.5) is 4.39 Å². The molecule has 0 spiro atoms. The van der Waals surface area contributed by atoms with Gasteiger partial charge in [0.2, 0.25) is 0 Å². The lowest BCUT2D eigenvalue weighted by atomic mass is 9.93. The number of aliphatic hydroxyl groups excluding tert-OH is 1. The number of hydrogen-bond donors (Lipinski definition) is 1. The minimum absolute atomic E-state index is 0.255. The maximum atomic E-state index is 13.5. The highest BCUT2D eigenvalue weighted by atomic mass is 19.1. The van der Waals surface area contributed by atoms with E-state index in [1.54, 1.807) is 17.0 Å². The van der Waals surface area contributed by atoms with Crippen molar-refractivity contribution in [3.63, 3.8) is 0 Å². The summed E-state index contributed by atoms with van der Waals surface area (Å²) in [6.45, 7) is 2.33. The Hall–Kier alpha value is -3.40. The molecule has 0 radical (unpaired) electrons. The van der Waals surface area contributed by atoms with Crippen LogP contribution in [0.25, 0.3) is 5.57 Å². The zero-order chi connectivity index (χ0) is 19.7. The highest BCUT2D eigenvalue weighted by molar-refractivity contribution is 6.05. The molecule has 0 saturated heterocycles. The predicted molar refractivity (Wildman–Crippen MR) is 107 cm³/mol. The maximum absolute atomic E-state index is 13.5. The van der Waals surface area contributed by atoms with Crippen molar-refractivity contribution < 1.29 is 14.3 Å². The van der Waals surface area contributed by atoms with Crippen LogP contribution in [-0.4, -0.2) is 15.9 Å². The normalized spacial score (nSPS) is 16.7. The first-order chi connectivity index (χ1) is 13.5. The lowest BCUT2D eigenvalue weighted by Gasteiger charge is -2.27. The summed E-state index contributed by atoms with van der Waals surface area (Å²) in [6, 6.07) is 22.9. The molecule has 1 N–H and O–H groups in total. The van der Waals surface area contributed by atoms with E-state index in [4.69, 9.17) is 0 Å². The molecule has 1 heterocycles. The van der Waals surface area contributed by atoms with Crippen LogP contribution in [0.2, 0.25) is 0 Å². The van der Waals surface area contributed by atoms with E-state index in [1.165, 1.54) is 12.1 Å². The highest BCUT2D eigenvalue weighted by Gasteiger charge is 2.40. The van der Waals surface area contributed by atoms with Crippen LogP contribution in [-0.2, 0) is 11.3 Å². The number of hydrogen-bond acceptors (Lipinski definition) is 2. The van der Waals surface area contributed by atoms with Crippen molar-refractivity contribution >= 4 is 11.5 Å². The third-order valence-corrected chi connectivity index (χ3v) is 5.05. The van der Waals surface area contributed by atoms with Crippen LogP contribution in [0.1, 0.15) is 28.3 Å². The van der Waals surface area contributed by atoms with Gasteiger partial charge in [-0.3, -0.25) is 4.79 Å². The van der Waals surface area contributed by atoms with Crippen molar-refractivity contribution in [2.24, 2.45) is 0 Å². The number of carbonyl (C=O) groups excluding carboxylic acids is 1. The predicted octanol–water partition coefficient (Wildman–Crippen LogP) is 5.19. The van der Waals surface area contributed by atoms with Crippen LogP contribution < -0.4 is 0 Å². The van der Waals surface area contributed by atoms with Crippen molar-refractivity contribution in [1.29, 1.82) is 0 Å². The van der Waals surface area contributed by atoms with Gasteiger partial charge in [-0.25, -0.2) is 4.39 Å². The molecule has 1 atom stereocenters. The first-order valence-electron chi connectivity index (χ1n) is 9.15. The van der Waals surface area contributed by atoms with Crippen LogP contribution >= 0.6 is 0 Å². The van der Waals surface area contributed by atoms with Gasteiger partial charge < -0.3 is 10.0 Å². The van der Waals surface area contributed by atoms with Gasteiger partial charge in [-0.2, -0.15) is 0 Å². The molecule has 1 aliphatic heterocycles. The van der Waals surface area contributed by atoms with E-state index >= 15 is 0 Å². The summed E-state index contributed by atoms with van der Waals surface area (Å²) in [5.74, 6) is -1.02. The zero-order valence-corrected chi connectivity index (χ0v) is 15.5. The van der Waals surface area contributed by atoms with Gasteiger partial charge in [-0.05, 0) is 35.7 Å². The molecule has 0 saturated carbocycles. The van der Waals surface area contributed by atoms with Crippen LogP contribution in [0.3, 0.4) is 0 Å². The van der Waals surface area contributed by atoms with Gasteiger partial charge in [-0.15, -0.1) is 0 Å². The fourth-order valence-corrected chi connectivity index (χ4v) is 3.62. The summed E-state index contributed by atoms with van der Waals surface area (Å²) in [5, 5.41) is 10.7. The molecule has 3 nitrogen and oxygen atoms in total. The summed E-state index contributed by atoms with van der Waals surface area (Å²) < 4.78 is 13.5. The molecule has 0 aliphatic carbocycles. The van der Waals surface area contributed by atoms with Gasteiger partial charge in [0.1, 0.15) is 5.82 Å². The van der Waals surface area contributed by atoms with Crippen molar-refractivity contribution in [3.05, 3.63) is 113 Å². The molecule has 3 aromatic carbocycles. The second-order valence-corrected chi connectivity index (χ2v) is 7.00. The number of halogens is 1. The third-order valence-electron chi connectivity index (χ3n) is 5.05. The highest BCUT2D eigenvalue weighted by Crippen LogP contribution is 2.43. The number of nitrogens with zero attached hydrogens (tertiary/aromatic N) is 1. The number of benzene rings is 3. The van der Waals surface area contributed by atoms with Gasteiger partial charge in [0.25, 0.3) is 5.91 Å². The van der Waals surface area contributed by atoms with Crippen LogP contribution in [0.5, 0.6) is 0 Å². The Labute approximate surface area is 163 Å². The lowest BCUT2D eigenvalue weighted by molar-refractivity contribution is -0.130. The smallest absolute Gasteiger partial charge is 0.290 e. The SMILES string of the molecule is Cc1ccc(C2=C(O)C(=O)N(Cc3ccccc3)C2c2ccc(F)cc2)cc1. The fourth-order valence-electron chi connectivity index (χ4n) is 3.62. The molecule has 1 amide bonds. The summed E-state index contributed by atoms with van der Waals surface area (Å²) in [7, 11) is 0. The molecule has 1 unspecified atom stereocenters. The second kappa shape index (κ2) is 7.31. The van der Waals surface area contributed by atoms with Gasteiger partial charge >= 0.3 is 0 Å². The van der Waals surface area contributed by atoms with Gasteiger partial charge in [-0.1, -0.05) is 72.3 Å². The number of carbonyl (C=O) groups is 1. The van der Waals surface area contributed by atoms with Crippen molar-refractivity contribution in [3.8, 4) is 0 Å². The monoisotopic (exact) mass is 373 g/mol. The van der Waals surface area contributed by atoms with E-state index in [0.717, 1.165) is 22.3 Å². The molecule has 0 fully saturated rings. The molecule has 4 heteroatoms. The first kappa shape index (κ1) is 18.0. The summed E-state index contributed by atoms with van der Waals surface area (Å²) in [4.78, 5) is 14.6. The Bertz CT molecular complexity index is 1020. The van der Waals surface area contributed by atoms with E-state index < -0.39 is 11.9 Å². The average molecular weight is 373 g/mol. The van der Waals surface area contributed by atoms with Crippen molar-refractivity contribution in [1.82, 2.24) is 4.90 Å². The van der Waals surface area contributed by atoms with E-state index in [9.17, 15) is 14.3 Å². The Morgan fingerprint density at radius 3 is 2.21 bits per heavy atom. The third kappa shape index (κ3) is 3.29. The molecule has 0 aromatic heterocycles. The molecular formula is C24H20FNO2. The minimum Gasteiger partial charge on any atom is -0.503 e. The topological polar surface area (TPSA) is 40.5 Å². The quantitative estimate of drug-likeness (QED) is 0.684. The van der Waals surface area contributed by atoms with Gasteiger partial charge in [0, 0.05) is 12.1 Å². The maximum Gasteiger partial charge on any atom is 0.290 e. The number of amides is 1. The number of rotatable bonds is 4. The number of aliphatic hydroxyl groups is 1. The van der Waals surface area contributed by atoms with E-state index in [1.807, 2.05) is 61.5 Å². The minimum atomic E-state index is -0.490. The van der Waals surface area contributed by atoms with Crippen LogP contribution in [0, 0.1) is 12.7 Å². The Morgan fingerprint density at radius 1 is 0.929 bits per heavy atom. The lowest BCUT2D eigenvalue weighted by Crippen LogP contribution is -2.29. The van der Waals surface area contributed by atoms with Crippen molar-refractivity contribution in [2.75, 3.05) is 0 Å².